The van der Waals surface area contributed by atoms with E-state index in [9.17, 15) is 22.8 Å². The second kappa shape index (κ2) is 8.88. The molecule has 2 N–H and O–H groups in total. The molecule has 0 saturated heterocycles. The van der Waals surface area contributed by atoms with E-state index in [2.05, 4.69) is 15.4 Å². The highest BCUT2D eigenvalue weighted by Gasteiger charge is 2.28. The molecule has 0 bridgehead atoms. The molecule has 26 heavy (non-hydrogen) atoms. The normalized spacial score (nSPS) is 14.2. The van der Waals surface area contributed by atoms with Gasteiger partial charge >= 0.3 is 6.18 Å². The Morgan fingerprint density at radius 1 is 1.23 bits per heavy atom. The SMILES string of the molecule is CN(CC(=O)NCc1cccc(OCC(F)(F)F)c1)CC(=O)NC1CC1. The van der Waals surface area contributed by atoms with Gasteiger partial charge in [-0.1, -0.05) is 12.1 Å². The summed E-state index contributed by atoms with van der Waals surface area (Å²) in [5.41, 5.74) is 0.618. The van der Waals surface area contributed by atoms with Crippen molar-refractivity contribution < 1.29 is 27.5 Å². The first kappa shape index (κ1) is 20.0. The second-order valence-corrected chi connectivity index (χ2v) is 6.34. The molecule has 1 aromatic rings. The van der Waals surface area contributed by atoms with E-state index >= 15 is 0 Å². The molecule has 1 fully saturated rings. The number of carbonyl (C=O) groups excluding carboxylic acids is 2. The van der Waals surface area contributed by atoms with Crippen molar-refractivity contribution in [1.82, 2.24) is 15.5 Å². The van der Waals surface area contributed by atoms with E-state index in [4.69, 9.17) is 0 Å². The number of amides is 2. The van der Waals surface area contributed by atoms with Gasteiger partial charge in [0, 0.05) is 12.6 Å². The van der Waals surface area contributed by atoms with E-state index in [-0.39, 0.29) is 43.2 Å². The number of halogens is 3. The lowest BCUT2D eigenvalue weighted by molar-refractivity contribution is -0.153. The van der Waals surface area contributed by atoms with Crippen LogP contribution in [0.15, 0.2) is 24.3 Å². The summed E-state index contributed by atoms with van der Waals surface area (Å²) < 4.78 is 41.2. The molecule has 144 valence electrons. The Balaban J connectivity index is 1.71. The number of hydrogen-bond donors (Lipinski definition) is 2. The molecular weight excluding hydrogens is 351 g/mol. The molecule has 0 aliphatic heterocycles. The van der Waals surface area contributed by atoms with Crippen LogP contribution in [0, 0.1) is 0 Å². The van der Waals surface area contributed by atoms with Crippen LogP contribution in [0.3, 0.4) is 0 Å². The topological polar surface area (TPSA) is 70.7 Å². The molecule has 2 rings (SSSR count). The zero-order valence-electron chi connectivity index (χ0n) is 14.4. The summed E-state index contributed by atoms with van der Waals surface area (Å²) in [6.07, 6.45) is -2.40. The molecule has 0 spiro atoms. The summed E-state index contributed by atoms with van der Waals surface area (Å²) >= 11 is 0. The van der Waals surface area contributed by atoms with E-state index in [0.29, 0.717) is 5.56 Å². The van der Waals surface area contributed by atoms with Crippen LogP contribution in [0.5, 0.6) is 5.75 Å². The first-order valence-corrected chi connectivity index (χ1v) is 8.24. The van der Waals surface area contributed by atoms with E-state index < -0.39 is 12.8 Å². The van der Waals surface area contributed by atoms with Crippen molar-refractivity contribution in [1.29, 1.82) is 0 Å². The van der Waals surface area contributed by atoms with Crippen molar-refractivity contribution >= 4 is 11.8 Å². The van der Waals surface area contributed by atoms with E-state index in [1.165, 1.54) is 12.1 Å². The van der Waals surface area contributed by atoms with Crippen LogP contribution in [-0.4, -0.2) is 55.7 Å². The smallest absolute Gasteiger partial charge is 0.422 e. The molecule has 0 unspecified atom stereocenters. The van der Waals surface area contributed by atoms with Gasteiger partial charge in [-0.3, -0.25) is 14.5 Å². The molecule has 0 aromatic heterocycles. The maximum Gasteiger partial charge on any atom is 0.422 e. The lowest BCUT2D eigenvalue weighted by Gasteiger charge is -2.16. The molecular formula is C17H22F3N3O3. The van der Waals surface area contributed by atoms with Crippen molar-refractivity contribution in [3.8, 4) is 5.75 Å². The van der Waals surface area contributed by atoms with Crippen molar-refractivity contribution in [3.63, 3.8) is 0 Å². The number of carbonyl (C=O) groups is 2. The van der Waals surface area contributed by atoms with Crippen LogP contribution in [0.1, 0.15) is 18.4 Å². The zero-order valence-corrected chi connectivity index (χ0v) is 14.4. The van der Waals surface area contributed by atoms with E-state index in [1.54, 1.807) is 24.1 Å². The second-order valence-electron chi connectivity index (χ2n) is 6.34. The number of ether oxygens (including phenoxy) is 1. The maximum atomic E-state index is 12.2. The van der Waals surface area contributed by atoms with Crippen molar-refractivity contribution in [2.24, 2.45) is 0 Å². The van der Waals surface area contributed by atoms with Crippen LogP contribution in [0.25, 0.3) is 0 Å². The van der Waals surface area contributed by atoms with Gasteiger partial charge < -0.3 is 15.4 Å². The highest BCUT2D eigenvalue weighted by Crippen LogP contribution is 2.19. The van der Waals surface area contributed by atoms with E-state index in [0.717, 1.165) is 12.8 Å². The molecule has 0 atom stereocenters. The third-order valence-corrected chi connectivity index (χ3v) is 3.56. The predicted octanol–water partition coefficient (Wildman–Crippen LogP) is 1.45. The van der Waals surface area contributed by atoms with Gasteiger partial charge in [-0.25, -0.2) is 0 Å². The van der Waals surface area contributed by atoms with Gasteiger partial charge in [0.2, 0.25) is 11.8 Å². The molecule has 6 nitrogen and oxygen atoms in total. The van der Waals surface area contributed by atoms with Crippen molar-refractivity contribution in [3.05, 3.63) is 29.8 Å². The summed E-state index contributed by atoms with van der Waals surface area (Å²) in [4.78, 5) is 25.2. The van der Waals surface area contributed by atoms with Gasteiger partial charge in [0.05, 0.1) is 13.1 Å². The van der Waals surface area contributed by atoms with Gasteiger partial charge in [0.25, 0.3) is 0 Å². The lowest BCUT2D eigenvalue weighted by Crippen LogP contribution is -2.41. The molecule has 0 radical (unpaired) electrons. The van der Waals surface area contributed by atoms with Crippen molar-refractivity contribution in [2.75, 3.05) is 26.7 Å². The van der Waals surface area contributed by atoms with Gasteiger partial charge in [0.1, 0.15) is 5.75 Å². The average Bonchev–Trinajstić information content (AvgIpc) is 3.34. The van der Waals surface area contributed by atoms with Crippen molar-refractivity contribution in [2.45, 2.75) is 31.6 Å². The third kappa shape index (κ3) is 8.19. The minimum atomic E-state index is -4.40. The van der Waals surface area contributed by atoms with Gasteiger partial charge in [-0.2, -0.15) is 13.2 Å². The molecule has 1 aliphatic carbocycles. The minimum Gasteiger partial charge on any atom is -0.484 e. The molecule has 1 aliphatic rings. The fourth-order valence-electron chi connectivity index (χ4n) is 2.21. The molecule has 2 amide bonds. The Morgan fingerprint density at radius 2 is 1.92 bits per heavy atom. The molecule has 1 aromatic carbocycles. The Bertz CT molecular complexity index is 633. The number of nitrogens with zero attached hydrogens (tertiary/aromatic N) is 1. The Hall–Kier alpha value is -2.29. The number of nitrogens with one attached hydrogen (secondary N) is 2. The summed E-state index contributed by atoms with van der Waals surface area (Å²) in [7, 11) is 1.66. The predicted molar refractivity (Wildman–Crippen MR) is 88.5 cm³/mol. The van der Waals surface area contributed by atoms with Gasteiger partial charge in [0.15, 0.2) is 6.61 Å². The first-order chi connectivity index (χ1) is 12.2. The third-order valence-electron chi connectivity index (χ3n) is 3.56. The van der Waals surface area contributed by atoms with Crippen LogP contribution < -0.4 is 15.4 Å². The lowest BCUT2D eigenvalue weighted by atomic mass is 10.2. The number of hydrogen-bond acceptors (Lipinski definition) is 4. The highest BCUT2D eigenvalue weighted by atomic mass is 19.4. The summed E-state index contributed by atoms with van der Waals surface area (Å²) in [6, 6.07) is 6.37. The average molecular weight is 373 g/mol. The fourth-order valence-corrected chi connectivity index (χ4v) is 2.21. The summed E-state index contributed by atoms with van der Waals surface area (Å²) in [5, 5.41) is 5.50. The first-order valence-electron chi connectivity index (χ1n) is 8.24. The zero-order chi connectivity index (χ0) is 19.2. The van der Waals surface area contributed by atoms with Crippen LogP contribution in [0.2, 0.25) is 0 Å². The number of likely N-dealkylation sites (N-methyl/N-ethyl adjacent to an activating group) is 1. The number of alkyl halides is 3. The van der Waals surface area contributed by atoms with Gasteiger partial charge in [-0.05, 0) is 37.6 Å². The Labute approximate surface area is 149 Å². The highest BCUT2D eigenvalue weighted by molar-refractivity contribution is 5.81. The number of benzene rings is 1. The summed E-state index contributed by atoms with van der Waals surface area (Å²) in [5.74, 6) is -0.311. The van der Waals surface area contributed by atoms with Gasteiger partial charge in [-0.15, -0.1) is 0 Å². The van der Waals surface area contributed by atoms with E-state index in [1.807, 2.05) is 0 Å². The van der Waals surface area contributed by atoms with Crippen LogP contribution in [-0.2, 0) is 16.1 Å². The Kier molecular flexibility index (Phi) is 6.84. The maximum absolute atomic E-state index is 12.2. The minimum absolute atomic E-state index is 0.0440. The monoisotopic (exact) mass is 373 g/mol. The Morgan fingerprint density at radius 3 is 2.58 bits per heavy atom. The van der Waals surface area contributed by atoms with Crippen LogP contribution >= 0.6 is 0 Å². The fraction of sp³-hybridized carbons (Fsp3) is 0.529. The molecule has 1 saturated carbocycles. The molecule has 0 heterocycles. The largest absolute Gasteiger partial charge is 0.484 e. The molecule has 9 heteroatoms. The number of rotatable bonds is 9. The summed E-state index contributed by atoms with van der Waals surface area (Å²) in [6.45, 7) is -1.03. The van der Waals surface area contributed by atoms with Crippen LogP contribution in [0.4, 0.5) is 13.2 Å². The quantitative estimate of drug-likeness (QED) is 0.688. The standard InChI is InChI=1S/C17H22F3N3O3/c1-23(10-16(25)22-13-5-6-13)9-15(24)21-8-12-3-2-4-14(7-12)26-11-17(18,19)20/h2-4,7,13H,5-6,8-11H2,1H3,(H,21,24)(H,22,25).